The summed E-state index contributed by atoms with van der Waals surface area (Å²) in [5.41, 5.74) is 0. The highest BCUT2D eigenvalue weighted by atomic mass is 32.2. The number of hydrogen-bond donors (Lipinski definition) is 3. The Labute approximate surface area is 312 Å². The summed E-state index contributed by atoms with van der Waals surface area (Å²) in [6.07, 6.45) is 46.3. The van der Waals surface area contributed by atoms with Gasteiger partial charge >= 0.3 is 0 Å². The first-order valence-corrected chi connectivity index (χ1v) is 23.5. The minimum absolute atomic E-state index is 0.273. The van der Waals surface area contributed by atoms with E-state index in [1.807, 2.05) is 6.08 Å². The molecule has 0 spiro atoms. The maximum absolute atomic E-state index is 12.5. The molecule has 0 aromatic heterocycles. The number of allylic oxidation sites excluding steroid dienone is 1. The fourth-order valence-electron chi connectivity index (χ4n) is 6.92. The fourth-order valence-corrected chi connectivity index (χ4v) is 7.66. The summed E-state index contributed by atoms with van der Waals surface area (Å²) in [7, 11) is -4.34. The van der Waals surface area contributed by atoms with Crippen LogP contribution in [-0.2, 0) is 14.9 Å². The van der Waals surface area contributed by atoms with Gasteiger partial charge in [-0.3, -0.25) is 9.35 Å². The van der Waals surface area contributed by atoms with Crippen LogP contribution in [0.5, 0.6) is 0 Å². The monoisotopic (exact) mass is 728 g/mol. The number of aliphatic hydroxyl groups excluding tert-OH is 1. The van der Waals surface area contributed by atoms with E-state index in [0.717, 1.165) is 38.5 Å². The number of unbranched alkanes of at least 4 members (excludes halogenated alkanes) is 32. The van der Waals surface area contributed by atoms with Crippen molar-refractivity contribution in [3.63, 3.8) is 0 Å². The molecule has 0 aromatic carbocycles. The van der Waals surface area contributed by atoms with Crippen LogP contribution in [0.1, 0.15) is 239 Å². The first-order valence-electron chi connectivity index (χ1n) is 21.9. The van der Waals surface area contributed by atoms with Gasteiger partial charge in [0.25, 0.3) is 10.1 Å². The van der Waals surface area contributed by atoms with Crippen molar-refractivity contribution < 1.29 is 22.9 Å². The average molecular weight is 728 g/mol. The molecule has 0 bridgehead atoms. The SMILES string of the molecule is CCCCCCCCCCCCCCC/C=C/C(O)C(CS(=O)(=O)O)NC(=O)CCCCCCCCCCCCCCCCCCCCCC. The number of carbonyl (C=O) groups is 1. The van der Waals surface area contributed by atoms with Crippen molar-refractivity contribution in [3.8, 4) is 0 Å². The van der Waals surface area contributed by atoms with E-state index in [1.165, 1.54) is 180 Å². The van der Waals surface area contributed by atoms with Gasteiger partial charge in [0.05, 0.1) is 17.9 Å². The summed E-state index contributed by atoms with van der Waals surface area (Å²) < 4.78 is 32.5. The lowest BCUT2D eigenvalue weighted by Crippen LogP contribution is -2.46. The van der Waals surface area contributed by atoms with Crippen LogP contribution in [0.2, 0.25) is 0 Å². The zero-order valence-corrected chi connectivity index (χ0v) is 34.1. The molecule has 0 aliphatic heterocycles. The van der Waals surface area contributed by atoms with E-state index in [9.17, 15) is 22.9 Å². The van der Waals surface area contributed by atoms with Crippen molar-refractivity contribution in [2.75, 3.05) is 5.75 Å². The number of hydrogen-bond acceptors (Lipinski definition) is 4. The Bertz CT molecular complexity index is 846. The molecule has 6 nitrogen and oxygen atoms in total. The van der Waals surface area contributed by atoms with Crippen molar-refractivity contribution in [1.29, 1.82) is 0 Å². The largest absolute Gasteiger partial charge is 0.387 e. The zero-order valence-electron chi connectivity index (χ0n) is 33.3. The van der Waals surface area contributed by atoms with Gasteiger partial charge in [0.1, 0.15) is 0 Å². The van der Waals surface area contributed by atoms with Crippen molar-refractivity contribution in [2.45, 2.75) is 251 Å². The summed E-state index contributed by atoms with van der Waals surface area (Å²) >= 11 is 0. The van der Waals surface area contributed by atoms with Crippen molar-refractivity contribution >= 4 is 16.0 Å². The fraction of sp³-hybridized carbons (Fsp3) is 0.930. The van der Waals surface area contributed by atoms with Crippen LogP contribution in [0.25, 0.3) is 0 Å². The summed E-state index contributed by atoms with van der Waals surface area (Å²) in [5, 5.41) is 13.2. The number of nitrogens with one attached hydrogen (secondary N) is 1. The van der Waals surface area contributed by atoms with Crippen LogP contribution in [0.3, 0.4) is 0 Å². The lowest BCUT2D eigenvalue weighted by Gasteiger charge is -2.21. The molecule has 0 aliphatic carbocycles. The lowest BCUT2D eigenvalue weighted by molar-refractivity contribution is -0.122. The van der Waals surface area contributed by atoms with Gasteiger partial charge in [-0.05, 0) is 19.3 Å². The van der Waals surface area contributed by atoms with E-state index in [0.29, 0.717) is 6.42 Å². The van der Waals surface area contributed by atoms with E-state index in [2.05, 4.69) is 19.2 Å². The van der Waals surface area contributed by atoms with Gasteiger partial charge in [-0.1, -0.05) is 225 Å². The van der Waals surface area contributed by atoms with Gasteiger partial charge in [-0.15, -0.1) is 0 Å². The van der Waals surface area contributed by atoms with Crippen LogP contribution < -0.4 is 5.32 Å². The molecule has 2 unspecified atom stereocenters. The highest BCUT2D eigenvalue weighted by molar-refractivity contribution is 7.85. The molecule has 50 heavy (non-hydrogen) atoms. The minimum atomic E-state index is -4.34. The van der Waals surface area contributed by atoms with E-state index < -0.39 is 28.0 Å². The van der Waals surface area contributed by atoms with E-state index in [-0.39, 0.29) is 5.91 Å². The third-order valence-electron chi connectivity index (χ3n) is 10.2. The van der Waals surface area contributed by atoms with Crippen LogP contribution in [0.15, 0.2) is 12.2 Å². The summed E-state index contributed by atoms with van der Waals surface area (Å²) in [6, 6.07) is -1.05. The highest BCUT2D eigenvalue weighted by Crippen LogP contribution is 2.16. The highest BCUT2D eigenvalue weighted by Gasteiger charge is 2.24. The molecule has 0 aromatic rings. The lowest BCUT2D eigenvalue weighted by atomic mass is 10.0. The second-order valence-corrected chi connectivity index (χ2v) is 16.8. The quantitative estimate of drug-likeness (QED) is 0.0331. The second kappa shape index (κ2) is 37.8. The molecular weight excluding hydrogens is 643 g/mol. The number of carbonyl (C=O) groups excluding carboxylic acids is 1. The summed E-state index contributed by atoms with van der Waals surface area (Å²) in [6.45, 7) is 4.54. The predicted molar refractivity (Wildman–Crippen MR) is 216 cm³/mol. The number of amides is 1. The Balaban J connectivity index is 3.83. The molecule has 2 atom stereocenters. The topological polar surface area (TPSA) is 104 Å². The van der Waals surface area contributed by atoms with Gasteiger partial charge in [-0.25, -0.2) is 0 Å². The van der Waals surface area contributed by atoms with Crippen LogP contribution in [-0.4, -0.2) is 41.9 Å². The molecule has 0 aliphatic rings. The van der Waals surface area contributed by atoms with E-state index in [1.54, 1.807) is 6.08 Å². The van der Waals surface area contributed by atoms with Crippen LogP contribution >= 0.6 is 0 Å². The van der Waals surface area contributed by atoms with Gasteiger partial charge in [-0.2, -0.15) is 8.42 Å². The molecule has 0 radical (unpaired) electrons. The molecule has 3 N–H and O–H groups in total. The van der Waals surface area contributed by atoms with Crippen molar-refractivity contribution in [3.05, 3.63) is 12.2 Å². The first kappa shape index (κ1) is 49.1. The predicted octanol–water partition coefficient (Wildman–Crippen LogP) is 13.0. The molecule has 298 valence electrons. The molecule has 1 amide bonds. The number of rotatable bonds is 40. The third kappa shape index (κ3) is 38.3. The smallest absolute Gasteiger partial charge is 0.267 e. The Morgan fingerprint density at radius 2 is 0.820 bits per heavy atom. The maximum atomic E-state index is 12.5. The standard InChI is InChI=1S/C43H85NO5S/c1-3-5-7-9-11-13-15-17-19-20-21-22-23-25-27-29-31-33-35-37-39-43(46)44-41(40-50(47,48)49)42(45)38-36-34-32-30-28-26-24-18-16-14-12-10-8-6-4-2/h36,38,41-42,45H,3-35,37,39-40H2,1-2H3,(H,44,46)(H,47,48,49)/b38-36+. The number of aliphatic hydroxyl groups is 1. The van der Waals surface area contributed by atoms with E-state index in [4.69, 9.17) is 0 Å². The molecular formula is C43H85NO5S. The third-order valence-corrected chi connectivity index (χ3v) is 11.0. The van der Waals surface area contributed by atoms with Crippen molar-refractivity contribution in [1.82, 2.24) is 5.32 Å². The summed E-state index contributed by atoms with van der Waals surface area (Å²) in [4.78, 5) is 12.5. The second-order valence-electron chi connectivity index (χ2n) is 15.3. The van der Waals surface area contributed by atoms with Gasteiger partial charge in [0.15, 0.2) is 0 Å². The van der Waals surface area contributed by atoms with Gasteiger partial charge in [0.2, 0.25) is 5.91 Å². The van der Waals surface area contributed by atoms with Gasteiger partial charge in [0, 0.05) is 6.42 Å². The average Bonchev–Trinajstić information content (AvgIpc) is 3.08. The molecule has 0 rings (SSSR count). The minimum Gasteiger partial charge on any atom is -0.387 e. The van der Waals surface area contributed by atoms with E-state index >= 15 is 0 Å². The molecule has 7 heteroatoms. The Morgan fingerprint density at radius 3 is 1.14 bits per heavy atom. The Morgan fingerprint density at radius 1 is 0.520 bits per heavy atom. The van der Waals surface area contributed by atoms with Gasteiger partial charge < -0.3 is 10.4 Å². The molecule has 0 saturated carbocycles. The summed E-state index contributed by atoms with van der Waals surface area (Å²) in [5.74, 6) is -0.965. The first-order chi connectivity index (χ1) is 24.3. The maximum Gasteiger partial charge on any atom is 0.267 e. The normalized spacial score (nSPS) is 13.3. The van der Waals surface area contributed by atoms with Crippen LogP contribution in [0.4, 0.5) is 0 Å². The zero-order chi connectivity index (χ0) is 36.8. The Hall–Kier alpha value is -0.920. The van der Waals surface area contributed by atoms with Crippen molar-refractivity contribution in [2.24, 2.45) is 0 Å². The molecule has 0 fully saturated rings. The molecule has 0 heterocycles. The Kier molecular flexibility index (Phi) is 37.1. The molecule has 0 saturated heterocycles. The van der Waals surface area contributed by atoms with Crippen LogP contribution in [0, 0.1) is 0 Å².